The van der Waals surface area contributed by atoms with Crippen molar-refractivity contribution in [3.05, 3.63) is 0 Å². The van der Waals surface area contributed by atoms with Crippen LogP contribution in [0.25, 0.3) is 0 Å². The van der Waals surface area contributed by atoms with Gasteiger partial charge < -0.3 is 0 Å². The summed E-state index contributed by atoms with van der Waals surface area (Å²) in [5.41, 5.74) is 1.45. The molecule has 1 saturated carbocycles. The van der Waals surface area contributed by atoms with Crippen LogP contribution in [0.4, 0.5) is 0 Å². The zero-order valence-corrected chi connectivity index (χ0v) is 19.3. The van der Waals surface area contributed by atoms with E-state index < -0.39 is 0 Å². The zero-order valence-electron chi connectivity index (χ0n) is 19.3. The van der Waals surface area contributed by atoms with Gasteiger partial charge in [-0.3, -0.25) is 0 Å². The molecular weight excluding hydrogens is 288 g/mol. The second kappa shape index (κ2) is 6.62. The fourth-order valence-electron chi connectivity index (χ4n) is 7.49. The Labute approximate surface area is 154 Å². The lowest BCUT2D eigenvalue weighted by molar-refractivity contribution is -0.162. The molecule has 0 aromatic rings. The van der Waals surface area contributed by atoms with Crippen molar-refractivity contribution in [2.75, 3.05) is 0 Å². The molecule has 0 radical (unpaired) electrons. The van der Waals surface area contributed by atoms with Crippen molar-refractivity contribution in [2.24, 2.45) is 51.2 Å². The van der Waals surface area contributed by atoms with Gasteiger partial charge in [-0.1, -0.05) is 96.4 Å². The van der Waals surface area contributed by atoms with E-state index in [-0.39, 0.29) is 0 Å². The van der Waals surface area contributed by atoms with Gasteiger partial charge in [0.15, 0.2) is 0 Å². The van der Waals surface area contributed by atoms with Gasteiger partial charge in [0.05, 0.1) is 0 Å². The third-order valence-electron chi connectivity index (χ3n) is 9.25. The normalized spacial score (nSPS) is 40.2. The predicted molar refractivity (Wildman–Crippen MR) is 110 cm³/mol. The summed E-state index contributed by atoms with van der Waals surface area (Å²) in [6, 6.07) is 0. The highest BCUT2D eigenvalue weighted by Crippen LogP contribution is 2.66. The summed E-state index contributed by atoms with van der Waals surface area (Å²) < 4.78 is 0. The van der Waals surface area contributed by atoms with E-state index in [0.29, 0.717) is 27.6 Å². The van der Waals surface area contributed by atoms with Crippen molar-refractivity contribution in [1.82, 2.24) is 0 Å². The van der Waals surface area contributed by atoms with E-state index in [2.05, 4.69) is 90.0 Å². The molecule has 24 heavy (non-hydrogen) atoms. The minimum atomic E-state index is 0.326. The first kappa shape index (κ1) is 22.0. The highest BCUT2D eigenvalue weighted by atomic mass is 14.6. The second-order valence-corrected chi connectivity index (χ2v) is 11.7. The van der Waals surface area contributed by atoms with Gasteiger partial charge in [0.1, 0.15) is 0 Å². The highest BCUT2D eigenvalue weighted by Gasteiger charge is 2.59. The van der Waals surface area contributed by atoms with Crippen molar-refractivity contribution < 1.29 is 0 Å². The van der Waals surface area contributed by atoms with Crippen molar-refractivity contribution in [3.63, 3.8) is 0 Å². The highest BCUT2D eigenvalue weighted by molar-refractivity contribution is 5.07. The van der Waals surface area contributed by atoms with E-state index in [9.17, 15) is 0 Å². The summed E-state index contributed by atoms with van der Waals surface area (Å²) >= 11 is 0. The maximum atomic E-state index is 2.58. The fourth-order valence-corrected chi connectivity index (χ4v) is 7.49. The standard InChI is InChI=1S/C24H48/c1-14-20-18(5)19(6)23(12,13)22(10,11)15-17(4)24(20,16(2)3)21(7,8)9/h16-20H,14-15H2,1-13H3. The Morgan fingerprint density at radius 3 is 1.75 bits per heavy atom. The Morgan fingerprint density at radius 1 is 0.958 bits per heavy atom. The molecule has 0 aromatic heterocycles. The molecule has 5 atom stereocenters. The molecule has 1 rings (SSSR count). The molecule has 1 fully saturated rings. The minimum Gasteiger partial charge on any atom is -0.0651 e. The van der Waals surface area contributed by atoms with Crippen LogP contribution in [-0.4, -0.2) is 0 Å². The molecule has 0 saturated heterocycles. The van der Waals surface area contributed by atoms with Crippen molar-refractivity contribution in [3.8, 4) is 0 Å². The Morgan fingerprint density at radius 2 is 1.42 bits per heavy atom. The first-order valence-electron chi connectivity index (χ1n) is 10.6. The van der Waals surface area contributed by atoms with Crippen LogP contribution >= 0.6 is 0 Å². The van der Waals surface area contributed by atoms with E-state index >= 15 is 0 Å². The maximum absolute atomic E-state index is 2.58. The number of rotatable bonds is 2. The van der Waals surface area contributed by atoms with E-state index in [1.807, 2.05) is 0 Å². The van der Waals surface area contributed by atoms with Crippen LogP contribution < -0.4 is 0 Å². The average molecular weight is 337 g/mol. The number of hydrogen-bond acceptors (Lipinski definition) is 0. The van der Waals surface area contributed by atoms with E-state index in [0.717, 1.165) is 23.7 Å². The Hall–Kier alpha value is 0. The Bertz CT molecular complexity index is 420. The molecule has 0 heteroatoms. The van der Waals surface area contributed by atoms with Gasteiger partial charge >= 0.3 is 0 Å². The van der Waals surface area contributed by atoms with Gasteiger partial charge in [0, 0.05) is 0 Å². The SMILES string of the molecule is CCC1C(C)C(C)C(C)(C)C(C)(C)CC(C)C1(C(C)C)C(C)(C)C. The predicted octanol–water partition coefficient (Wildman–Crippen LogP) is 8.07. The summed E-state index contributed by atoms with van der Waals surface area (Å²) in [4.78, 5) is 0. The second-order valence-electron chi connectivity index (χ2n) is 11.7. The van der Waals surface area contributed by atoms with E-state index in [4.69, 9.17) is 0 Å². The van der Waals surface area contributed by atoms with Crippen LogP contribution in [0.1, 0.15) is 103 Å². The molecule has 1 aliphatic carbocycles. The summed E-state index contributed by atoms with van der Waals surface area (Å²) in [5, 5.41) is 0. The molecule has 0 aliphatic heterocycles. The van der Waals surface area contributed by atoms with Crippen LogP contribution in [0.5, 0.6) is 0 Å². The minimum absolute atomic E-state index is 0.326. The molecular formula is C24H48. The lowest BCUT2D eigenvalue weighted by Crippen LogP contribution is -2.58. The first-order chi connectivity index (χ1) is 10.6. The lowest BCUT2D eigenvalue weighted by Gasteiger charge is -2.64. The topological polar surface area (TPSA) is 0 Å². The number of hydrogen-bond donors (Lipinski definition) is 0. The third kappa shape index (κ3) is 2.99. The van der Waals surface area contributed by atoms with Gasteiger partial charge in [-0.2, -0.15) is 0 Å². The molecule has 1 aliphatic rings. The van der Waals surface area contributed by atoms with Crippen LogP contribution in [-0.2, 0) is 0 Å². The Kier molecular flexibility index (Phi) is 6.08. The smallest absolute Gasteiger partial charge is 0.0169 e. The molecule has 0 N–H and O–H groups in total. The van der Waals surface area contributed by atoms with Gasteiger partial charge in [0.25, 0.3) is 0 Å². The zero-order chi connectivity index (χ0) is 19.3. The monoisotopic (exact) mass is 336 g/mol. The van der Waals surface area contributed by atoms with Crippen molar-refractivity contribution >= 4 is 0 Å². The molecule has 0 aromatic carbocycles. The molecule has 0 amide bonds. The molecule has 0 nitrogen and oxygen atoms in total. The summed E-state index contributed by atoms with van der Waals surface area (Å²) in [6.45, 7) is 32.8. The lowest BCUT2D eigenvalue weighted by atomic mass is 9.40. The summed E-state index contributed by atoms with van der Waals surface area (Å²) in [6.07, 6.45) is 2.64. The maximum Gasteiger partial charge on any atom is -0.0169 e. The van der Waals surface area contributed by atoms with Crippen molar-refractivity contribution in [1.29, 1.82) is 0 Å². The van der Waals surface area contributed by atoms with E-state index in [1.54, 1.807) is 0 Å². The fraction of sp³-hybridized carbons (Fsp3) is 1.00. The van der Waals surface area contributed by atoms with Crippen molar-refractivity contribution in [2.45, 2.75) is 103 Å². The quantitative estimate of drug-likeness (QED) is 0.478. The van der Waals surface area contributed by atoms with Gasteiger partial charge in [-0.25, -0.2) is 0 Å². The van der Waals surface area contributed by atoms with Crippen LogP contribution in [0.2, 0.25) is 0 Å². The molecule has 0 heterocycles. The largest absolute Gasteiger partial charge is 0.0651 e. The van der Waals surface area contributed by atoms with Gasteiger partial charge in [-0.05, 0) is 57.7 Å². The summed E-state index contributed by atoms with van der Waals surface area (Å²) in [5.74, 6) is 3.74. The van der Waals surface area contributed by atoms with Crippen LogP contribution in [0.3, 0.4) is 0 Å². The molecule has 0 bridgehead atoms. The third-order valence-corrected chi connectivity index (χ3v) is 9.25. The van der Waals surface area contributed by atoms with Gasteiger partial charge in [-0.15, -0.1) is 0 Å². The molecule has 0 spiro atoms. The van der Waals surface area contributed by atoms with E-state index in [1.165, 1.54) is 12.8 Å². The average Bonchev–Trinajstić information content (AvgIpc) is 2.38. The van der Waals surface area contributed by atoms with Gasteiger partial charge in [0.2, 0.25) is 0 Å². The first-order valence-corrected chi connectivity index (χ1v) is 10.6. The Balaban J connectivity index is 3.71. The molecule has 144 valence electrons. The van der Waals surface area contributed by atoms with Crippen LogP contribution in [0, 0.1) is 51.2 Å². The van der Waals surface area contributed by atoms with Crippen LogP contribution in [0.15, 0.2) is 0 Å². The molecule has 5 unspecified atom stereocenters. The summed E-state index contributed by atoms with van der Waals surface area (Å²) in [7, 11) is 0.